The summed E-state index contributed by atoms with van der Waals surface area (Å²) in [4.78, 5) is 13.1. The number of carbonyl (C=O) groups is 1. The van der Waals surface area contributed by atoms with Gasteiger partial charge in [0, 0.05) is 29.6 Å². The van der Waals surface area contributed by atoms with E-state index in [1.807, 2.05) is 58.8 Å². The summed E-state index contributed by atoms with van der Waals surface area (Å²) in [6, 6.07) is 15.7. The number of benzene rings is 2. The fraction of sp³-hybridized carbons (Fsp3) is 0.217. The second-order valence-corrected chi connectivity index (χ2v) is 7.62. The molecule has 1 amide bonds. The van der Waals surface area contributed by atoms with E-state index in [1.54, 1.807) is 6.33 Å². The lowest BCUT2D eigenvalue weighted by atomic mass is 10.1. The number of carbonyl (C=O) groups excluding carboxylic acids is 1. The molecule has 0 radical (unpaired) electrons. The standard InChI is InChI=1S/C23H22N6O/c1-15-6-3-4-8-19(15)29-20-9-5-7-18(20)21(27-29)23(30)25-17-12-10-16(11-13-17)22-26-24-14-28(22)2/h3-4,6,8,10-14H,5,7,9H2,1-2H3,(H,25,30). The first-order valence-electron chi connectivity index (χ1n) is 10.0. The van der Waals surface area contributed by atoms with Crippen LogP contribution < -0.4 is 5.32 Å². The van der Waals surface area contributed by atoms with E-state index in [1.165, 1.54) is 0 Å². The topological polar surface area (TPSA) is 77.6 Å². The predicted molar refractivity (Wildman–Crippen MR) is 115 cm³/mol. The number of fused-ring (bicyclic) bond motifs is 1. The summed E-state index contributed by atoms with van der Waals surface area (Å²) < 4.78 is 3.80. The van der Waals surface area contributed by atoms with Crippen LogP contribution in [0.2, 0.25) is 0 Å². The Balaban J connectivity index is 1.43. The Kier molecular flexibility index (Phi) is 4.43. The Morgan fingerprint density at radius 1 is 1.07 bits per heavy atom. The summed E-state index contributed by atoms with van der Waals surface area (Å²) in [6.45, 7) is 2.07. The Hall–Kier alpha value is -3.74. The Bertz CT molecular complexity index is 1240. The van der Waals surface area contributed by atoms with Crippen LogP contribution in [0.4, 0.5) is 5.69 Å². The van der Waals surface area contributed by atoms with Crippen molar-refractivity contribution >= 4 is 11.6 Å². The summed E-state index contributed by atoms with van der Waals surface area (Å²) in [5.41, 5.74) is 6.56. The maximum Gasteiger partial charge on any atom is 0.276 e. The molecule has 150 valence electrons. The van der Waals surface area contributed by atoms with Crippen LogP contribution in [0.3, 0.4) is 0 Å². The minimum absolute atomic E-state index is 0.174. The molecule has 0 unspecified atom stereocenters. The molecule has 0 saturated heterocycles. The second kappa shape index (κ2) is 7.26. The molecule has 1 N–H and O–H groups in total. The lowest BCUT2D eigenvalue weighted by Gasteiger charge is -2.08. The Morgan fingerprint density at radius 3 is 2.60 bits per heavy atom. The normalized spacial score (nSPS) is 12.7. The van der Waals surface area contributed by atoms with Crippen LogP contribution in [0.5, 0.6) is 0 Å². The van der Waals surface area contributed by atoms with Crippen molar-refractivity contribution in [1.82, 2.24) is 24.5 Å². The first kappa shape index (κ1) is 18.3. The molecule has 0 bridgehead atoms. The zero-order chi connectivity index (χ0) is 20.7. The van der Waals surface area contributed by atoms with Crippen LogP contribution in [0.1, 0.15) is 33.7 Å². The van der Waals surface area contributed by atoms with Crippen LogP contribution in [0.25, 0.3) is 17.1 Å². The first-order valence-corrected chi connectivity index (χ1v) is 10.0. The highest BCUT2D eigenvalue weighted by molar-refractivity contribution is 6.04. The van der Waals surface area contributed by atoms with Crippen molar-refractivity contribution in [2.24, 2.45) is 7.05 Å². The van der Waals surface area contributed by atoms with Gasteiger partial charge in [-0.1, -0.05) is 18.2 Å². The maximum atomic E-state index is 13.1. The fourth-order valence-corrected chi connectivity index (χ4v) is 4.06. The third-order valence-corrected chi connectivity index (χ3v) is 5.60. The maximum absolute atomic E-state index is 13.1. The summed E-state index contributed by atoms with van der Waals surface area (Å²) in [7, 11) is 1.90. The largest absolute Gasteiger partial charge is 0.321 e. The van der Waals surface area contributed by atoms with Gasteiger partial charge in [-0.15, -0.1) is 10.2 Å². The molecule has 0 spiro atoms. The number of amides is 1. The van der Waals surface area contributed by atoms with Crippen molar-refractivity contribution in [2.45, 2.75) is 26.2 Å². The van der Waals surface area contributed by atoms with E-state index in [9.17, 15) is 4.79 Å². The summed E-state index contributed by atoms with van der Waals surface area (Å²) >= 11 is 0. The van der Waals surface area contributed by atoms with E-state index in [0.717, 1.165) is 58.8 Å². The molecule has 0 saturated carbocycles. The number of rotatable bonds is 4. The van der Waals surface area contributed by atoms with Crippen molar-refractivity contribution in [3.63, 3.8) is 0 Å². The third kappa shape index (κ3) is 3.08. The lowest BCUT2D eigenvalue weighted by molar-refractivity contribution is 0.102. The smallest absolute Gasteiger partial charge is 0.276 e. The van der Waals surface area contributed by atoms with Crippen LogP contribution in [0.15, 0.2) is 54.9 Å². The number of aryl methyl sites for hydroxylation is 2. The van der Waals surface area contributed by atoms with Crippen molar-refractivity contribution in [3.8, 4) is 17.1 Å². The Morgan fingerprint density at radius 2 is 1.87 bits per heavy atom. The number of anilines is 1. The molecule has 0 aliphatic heterocycles. The minimum atomic E-state index is -0.174. The zero-order valence-corrected chi connectivity index (χ0v) is 17.0. The van der Waals surface area contributed by atoms with Crippen molar-refractivity contribution < 1.29 is 4.79 Å². The summed E-state index contributed by atoms with van der Waals surface area (Å²) in [5.74, 6) is 0.606. The molecule has 0 fully saturated rings. The van der Waals surface area contributed by atoms with E-state index in [4.69, 9.17) is 5.10 Å². The van der Waals surface area contributed by atoms with Crippen molar-refractivity contribution in [1.29, 1.82) is 0 Å². The Labute approximate surface area is 174 Å². The number of nitrogens with zero attached hydrogens (tertiary/aromatic N) is 5. The van der Waals surface area contributed by atoms with Gasteiger partial charge in [0.25, 0.3) is 5.91 Å². The van der Waals surface area contributed by atoms with E-state index >= 15 is 0 Å². The van der Waals surface area contributed by atoms with Crippen LogP contribution in [0, 0.1) is 6.92 Å². The van der Waals surface area contributed by atoms with Crippen LogP contribution in [-0.2, 0) is 19.9 Å². The predicted octanol–water partition coefficient (Wildman–Crippen LogP) is 3.72. The number of hydrogen-bond donors (Lipinski definition) is 1. The summed E-state index contributed by atoms with van der Waals surface area (Å²) in [5, 5.41) is 15.7. The number of aromatic nitrogens is 5. The molecular weight excluding hydrogens is 376 g/mol. The van der Waals surface area contributed by atoms with Gasteiger partial charge in [-0.25, -0.2) is 4.68 Å². The van der Waals surface area contributed by atoms with Gasteiger partial charge in [0.05, 0.1) is 5.69 Å². The summed E-state index contributed by atoms with van der Waals surface area (Å²) in [6.07, 6.45) is 4.54. The van der Waals surface area contributed by atoms with Crippen LogP contribution in [-0.4, -0.2) is 30.5 Å². The number of nitrogens with one attached hydrogen (secondary N) is 1. The van der Waals surface area contributed by atoms with Gasteiger partial charge in [0.2, 0.25) is 0 Å². The molecule has 7 nitrogen and oxygen atoms in total. The molecule has 1 aliphatic rings. The second-order valence-electron chi connectivity index (χ2n) is 7.62. The molecule has 2 aromatic heterocycles. The molecule has 5 rings (SSSR count). The van der Waals surface area contributed by atoms with Crippen molar-refractivity contribution in [3.05, 3.63) is 77.4 Å². The minimum Gasteiger partial charge on any atom is -0.321 e. The quantitative estimate of drug-likeness (QED) is 0.568. The van der Waals surface area contributed by atoms with Gasteiger partial charge in [0.1, 0.15) is 6.33 Å². The van der Waals surface area contributed by atoms with Crippen LogP contribution >= 0.6 is 0 Å². The molecule has 2 heterocycles. The molecule has 30 heavy (non-hydrogen) atoms. The van der Waals surface area contributed by atoms with E-state index < -0.39 is 0 Å². The molecule has 1 aliphatic carbocycles. The lowest BCUT2D eigenvalue weighted by Crippen LogP contribution is -2.15. The van der Waals surface area contributed by atoms with E-state index in [2.05, 4.69) is 28.5 Å². The highest BCUT2D eigenvalue weighted by Crippen LogP contribution is 2.29. The zero-order valence-electron chi connectivity index (χ0n) is 17.0. The van der Waals surface area contributed by atoms with Gasteiger partial charge in [-0.05, 0) is 62.1 Å². The highest BCUT2D eigenvalue weighted by atomic mass is 16.2. The number of para-hydroxylation sites is 1. The van der Waals surface area contributed by atoms with Gasteiger partial charge in [0.15, 0.2) is 11.5 Å². The van der Waals surface area contributed by atoms with Gasteiger partial charge >= 0.3 is 0 Å². The van der Waals surface area contributed by atoms with Gasteiger partial charge in [-0.2, -0.15) is 5.10 Å². The monoisotopic (exact) mass is 398 g/mol. The average Bonchev–Trinajstić information content (AvgIpc) is 3.46. The van der Waals surface area contributed by atoms with E-state index in [-0.39, 0.29) is 5.91 Å². The fourth-order valence-electron chi connectivity index (χ4n) is 4.06. The molecule has 7 heteroatoms. The molecular formula is C23H22N6O. The highest BCUT2D eigenvalue weighted by Gasteiger charge is 2.27. The first-order chi connectivity index (χ1) is 14.6. The third-order valence-electron chi connectivity index (χ3n) is 5.60. The SMILES string of the molecule is Cc1ccccc1-n1nc(C(=O)Nc2ccc(-c3nncn3C)cc2)c2c1CCC2. The number of hydrogen-bond acceptors (Lipinski definition) is 4. The average molecular weight is 398 g/mol. The molecule has 2 aromatic carbocycles. The molecule has 4 aromatic rings. The van der Waals surface area contributed by atoms with Gasteiger partial charge in [-0.3, -0.25) is 4.79 Å². The van der Waals surface area contributed by atoms with E-state index in [0.29, 0.717) is 5.69 Å². The molecule has 0 atom stereocenters. The van der Waals surface area contributed by atoms with Crippen molar-refractivity contribution in [2.75, 3.05) is 5.32 Å². The van der Waals surface area contributed by atoms with Gasteiger partial charge < -0.3 is 9.88 Å².